The number of ether oxygens (including phenoxy) is 1. The maximum absolute atomic E-state index is 12.6. The average molecular weight is 337 g/mol. The fraction of sp³-hybridized carbons (Fsp3) is 0.0952. The van der Waals surface area contributed by atoms with Crippen molar-refractivity contribution in [3.63, 3.8) is 0 Å². The first-order valence-corrected chi connectivity index (χ1v) is 8.18. The van der Waals surface area contributed by atoms with Gasteiger partial charge in [0, 0.05) is 5.56 Å². The van der Waals surface area contributed by atoms with Crippen LogP contribution in [0.1, 0.15) is 26.9 Å². The van der Waals surface area contributed by atoms with Gasteiger partial charge in [0.2, 0.25) is 0 Å². The summed E-state index contributed by atoms with van der Waals surface area (Å²) in [6.07, 6.45) is 0. The molecule has 1 unspecified atom stereocenters. The molecular formula is C21H17ClO2. The van der Waals surface area contributed by atoms with Gasteiger partial charge in [-0.1, -0.05) is 72.8 Å². The Morgan fingerprint density at radius 3 is 2.25 bits per heavy atom. The second kappa shape index (κ2) is 7.80. The van der Waals surface area contributed by atoms with E-state index in [1.165, 1.54) is 0 Å². The lowest BCUT2D eigenvalue weighted by molar-refractivity contribution is 0.0986. The van der Waals surface area contributed by atoms with Gasteiger partial charge in [0.1, 0.15) is 17.7 Å². The first kappa shape index (κ1) is 16.3. The molecule has 0 N–H and O–H groups in total. The molecule has 0 saturated carbocycles. The minimum absolute atomic E-state index is 0.131. The fourth-order valence-electron chi connectivity index (χ4n) is 2.40. The van der Waals surface area contributed by atoms with Gasteiger partial charge in [0.05, 0.1) is 0 Å². The first-order chi connectivity index (χ1) is 11.7. The molecule has 0 spiro atoms. The zero-order valence-electron chi connectivity index (χ0n) is 13.1. The molecule has 0 radical (unpaired) electrons. The van der Waals surface area contributed by atoms with Crippen LogP contribution in [0.4, 0.5) is 0 Å². The van der Waals surface area contributed by atoms with Crippen molar-refractivity contribution in [2.45, 2.75) is 12.0 Å². The van der Waals surface area contributed by atoms with Crippen molar-refractivity contribution < 1.29 is 9.53 Å². The molecule has 3 aromatic carbocycles. The Bertz CT molecular complexity index is 800. The van der Waals surface area contributed by atoms with Crippen LogP contribution in [0.2, 0.25) is 0 Å². The Hall–Kier alpha value is -2.58. The van der Waals surface area contributed by atoms with E-state index in [-0.39, 0.29) is 5.78 Å². The van der Waals surface area contributed by atoms with E-state index < -0.39 is 5.38 Å². The smallest absolute Gasteiger partial charge is 0.185 e. The normalized spacial score (nSPS) is 11.7. The molecule has 0 aliphatic heterocycles. The lowest BCUT2D eigenvalue weighted by Gasteiger charge is -2.11. The van der Waals surface area contributed by atoms with Crippen LogP contribution in [-0.2, 0) is 6.61 Å². The Morgan fingerprint density at radius 1 is 0.875 bits per heavy atom. The molecular weight excluding hydrogens is 320 g/mol. The third-order valence-electron chi connectivity index (χ3n) is 3.69. The highest BCUT2D eigenvalue weighted by atomic mass is 35.5. The van der Waals surface area contributed by atoms with Crippen LogP contribution in [0.15, 0.2) is 84.9 Å². The second-order valence-corrected chi connectivity index (χ2v) is 5.88. The standard InChI is InChI=1S/C21H17ClO2/c22-20(17-10-5-2-6-11-17)21(23)18-12-7-13-19(14-18)24-15-16-8-3-1-4-9-16/h1-14,20H,15H2. The zero-order chi connectivity index (χ0) is 16.8. The molecule has 0 heterocycles. The second-order valence-electron chi connectivity index (χ2n) is 5.44. The average Bonchev–Trinajstić information content (AvgIpc) is 2.67. The number of alkyl halides is 1. The van der Waals surface area contributed by atoms with Crippen molar-refractivity contribution in [1.82, 2.24) is 0 Å². The molecule has 2 nitrogen and oxygen atoms in total. The molecule has 3 aromatic rings. The molecule has 0 amide bonds. The predicted molar refractivity (Wildman–Crippen MR) is 96.6 cm³/mol. The Morgan fingerprint density at radius 2 is 1.54 bits per heavy atom. The van der Waals surface area contributed by atoms with Gasteiger partial charge in [-0.25, -0.2) is 0 Å². The molecule has 3 heteroatoms. The molecule has 0 aliphatic carbocycles. The third-order valence-corrected chi connectivity index (χ3v) is 4.14. The maximum Gasteiger partial charge on any atom is 0.185 e. The summed E-state index contributed by atoms with van der Waals surface area (Å²) in [5.41, 5.74) is 2.41. The van der Waals surface area contributed by atoms with E-state index in [9.17, 15) is 4.79 Å². The molecule has 0 aromatic heterocycles. The summed E-state index contributed by atoms with van der Waals surface area (Å²) in [7, 11) is 0. The van der Waals surface area contributed by atoms with Crippen molar-refractivity contribution in [1.29, 1.82) is 0 Å². The van der Waals surface area contributed by atoms with Gasteiger partial charge in [0.25, 0.3) is 0 Å². The number of Topliss-reactive ketones (excluding diaryl/α,β-unsaturated/α-hetero) is 1. The van der Waals surface area contributed by atoms with Gasteiger partial charge >= 0.3 is 0 Å². The zero-order valence-corrected chi connectivity index (χ0v) is 13.8. The van der Waals surface area contributed by atoms with Crippen molar-refractivity contribution in [3.8, 4) is 5.75 Å². The van der Waals surface area contributed by atoms with Gasteiger partial charge in [-0.2, -0.15) is 0 Å². The van der Waals surface area contributed by atoms with Crippen LogP contribution in [0.25, 0.3) is 0 Å². The lowest BCUT2D eigenvalue weighted by atomic mass is 10.0. The van der Waals surface area contributed by atoms with Gasteiger partial charge < -0.3 is 4.74 Å². The van der Waals surface area contributed by atoms with Gasteiger partial charge in [0.15, 0.2) is 5.78 Å². The summed E-state index contributed by atoms with van der Waals surface area (Å²) in [5, 5.41) is -0.699. The number of carbonyl (C=O) groups is 1. The highest BCUT2D eigenvalue weighted by molar-refractivity contribution is 6.33. The number of halogens is 1. The predicted octanol–water partition coefficient (Wildman–Crippen LogP) is 5.43. The Labute approximate surface area is 146 Å². The summed E-state index contributed by atoms with van der Waals surface area (Å²) in [5.74, 6) is 0.523. The molecule has 0 saturated heterocycles. The van der Waals surface area contributed by atoms with E-state index in [1.807, 2.05) is 72.8 Å². The highest BCUT2D eigenvalue weighted by Crippen LogP contribution is 2.26. The van der Waals surface area contributed by atoms with Crippen molar-refractivity contribution in [2.24, 2.45) is 0 Å². The van der Waals surface area contributed by atoms with Crippen LogP contribution < -0.4 is 4.74 Å². The van der Waals surface area contributed by atoms with E-state index in [2.05, 4.69) is 0 Å². The van der Waals surface area contributed by atoms with Crippen LogP contribution in [0.3, 0.4) is 0 Å². The van der Waals surface area contributed by atoms with E-state index in [1.54, 1.807) is 12.1 Å². The molecule has 24 heavy (non-hydrogen) atoms. The van der Waals surface area contributed by atoms with E-state index in [0.29, 0.717) is 17.9 Å². The fourth-order valence-corrected chi connectivity index (χ4v) is 2.67. The van der Waals surface area contributed by atoms with Crippen molar-refractivity contribution >= 4 is 17.4 Å². The first-order valence-electron chi connectivity index (χ1n) is 7.74. The molecule has 1 atom stereocenters. The van der Waals surface area contributed by atoms with E-state index in [4.69, 9.17) is 16.3 Å². The van der Waals surface area contributed by atoms with Crippen LogP contribution >= 0.6 is 11.6 Å². The van der Waals surface area contributed by atoms with Crippen molar-refractivity contribution in [2.75, 3.05) is 0 Å². The van der Waals surface area contributed by atoms with Crippen LogP contribution in [-0.4, -0.2) is 5.78 Å². The minimum Gasteiger partial charge on any atom is -0.489 e. The summed E-state index contributed by atoms with van der Waals surface area (Å²) >= 11 is 6.33. The topological polar surface area (TPSA) is 26.3 Å². The van der Waals surface area contributed by atoms with Crippen LogP contribution in [0, 0.1) is 0 Å². The highest BCUT2D eigenvalue weighted by Gasteiger charge is 2.19. The van der Waals surface area contributed by atoms with E-state index >= 15 is 0 Å². The van der Waals surface area contributed by atoms with E-state index in [0.717, 1.165) is 11.1 Å². The monoisotopic (exact) mass is 336 g/mol. The summed E-state index contributed by atoms with van der Waals surface area (Å²) in [4.78, 5) is 12.6. The van der Waals surface area contributed by atoms with Gasteiger partial charge in [-0.05, 0) is 23.3 Å². The Kier molecular flexibility index (Phi) is 5.29. The molecule has 0 fully saturated rings. The number of rotatable bonds is 6. The summed E-state index contributed by atoms with van der Waals surface area (Å²) in [6.45, 7) is 0.460. The third kappa shape index (κ3) is 4.03. The summed E-state index contributed by atoms with van der Waals surface area (Å²) in [6, 6.07) is 26.4. The largest absolute Gasteiger partial charge is 0.489 e. The number of benzene rings is 3. The lowest BCUT2D eigenvalue weighted by Crippen LogP contribution is -2.07. The summed E-state index contributed by atoms with van der Waals surface area (Å²) < 4.78 is 5.77. The molecule has 120 valence electrons. The molecule has 0 aliphatic rings. The SMILES string of the molecule is O=C(c1cccc(OCc2ccccc2)c1)C(Cl)c1ccccc1. The number of carbonyl (C=O) groups excluding carboxylic acids is 1. The van der Waals surface area contributed by atoms with Gasteiger partial charge in [-0.3, -0.25) is 4.79 Å². The number of hydrogen-bond donors (Lipinski definition) is 0. The minimum atomic E-state index is -0.699. The molecule has 0 bridgehead atoms. The quantitative estimate of drug-likeness (QED) is 0.443. The van der Waals surface area contributed by atoms with Crippen molar-refractivity contribution in [3.05, 3.63) is 102 Å². The van der Waals surface area contributed by atoms with Gasteiger partial charge in [-0.15, -0.1) is 11.6 Å². The maximum atomic E-state index is 12.6. The molecule has 3 rings (SSSR count). The van der Waals surface area contributed by atoms with Crippen LogP contribution in [0.5, 0.6) is 5.75 Å². The number of hydrogen-bond acceptors (Lipinski definition) is 2. The Balaban J connectivity index is 1.71. The number of ketones is 1.